The molecule has 0 aromatic rings. The first-order chi connectivity index (χ1) is 7.27. The van der Waals surface area contributed by atoms with Crippen molar-refractivity contribution in [1.82, 2.24) is 0 Å². The number of ether oxygens (including phenoxy) is 2. The molecule has 0 amide bonds. The van der Waals surface area contributed by atoms with Gasteiger partial charge in [-0.1, -0.05) is 6.42 Å². The van der Waals surface area contributed by atoms with Crippen molar-refractivity contribution in [3.05, 3.63) is 0 Å². The Labute approximate surface area is 86.9 Å². The SMILES string of the molecule is O=C1OC(=O)[C@H]2[C@H]3CCC[C@@H]([C@H]4O[C@@H]34)[C@@H]12. The Bertz CT molecular complexity index is 332. The Hall–Kier alpha value is -0.900. The van der Waals surface area contributed by atoms with E-state index in [1.807, 2.05) is 0 Å². The summed E-state index contributed by atoms with van der Waals surface area (Å²) >= 11 is 0. The quantitative estimate of drug-likeness (QED) is 0.330. The van der Waals surface area contributed by atoms with Crippen LogP contribution in [-0.2, 0) is 19.1 Å². The number of hydrogen-bond donors (Lipinski definition) is 0. The van der Waals surface area contributed by atoms with Crippen LogP contribution in [0.15, 0.2) is 0 Å². The van der Waals surface area contributed by atoms with E-state index in [-0.39, 0.29) is 47.8 Å². The van der Waals surface area contributed by atoms with Gasteiger partial charge in [0, 0.05) is 11.8 Å². The van der Waals surface area contributed by atoms with Gasteiger partial charge in [-0.15, -0.1) is 0 Å². The summed E-state index contributed by atoms with van der Waals surface area (Å²) in [7, 11) is 0. The highest BCUT2D eigenvalue weighted by atomic mass is 16.6. The van der Waals surface area contributed by atoms with Crippen molar-refractivity contribution >= 4 is 11.9 Å². The van der Waals surface area contributed by atoms with E-state index in [0.717, 1.165) is 19.3 Å². The first kappa shape index (κ1) is 8.28. The second-order valence-electron chi connectivity index (χ2n) is 5.12. The molecule has 0 N–H and O–H groups in total. The second kappa shape index (κ2) is 2.43. The molecule has 5 fully saturated rings. The van der Waals surface area contributed by atoms with Crippen molar-refractivity contribution in [3.8, 4) is 0 Å². The maximum atomic E-state index is 11.6. The minimum absolute atomic E-state index is 0.186. The number of fused-ring (bicyclic) bond motifs is 2. The Morgan fingerprint density at radius 1 is 0.933 bits per heavy atom. The lowest BCUT2D eigenvalue weighted by molar-refractivity contribution is -0.154. The summed E-state index contributed by atoms with van der Waals surface area (Å²) in [6.07, 6.45) is 3.65. The molecule has 0 unspecified atom stereocenters. The Kier molecular flexibility index (Phi) is 1.34. The molecule has 2 bridgehead atoms. The molecule has 80 valence electrons. The zero-order chi connectivity index (χ0) is 10.2. The number of carbonyl (C=O) groups excluding carboxylic acids is 2. The van der Waals surface area contributed by atoms with Crippen LogP contribution in [0, 0.1) is 23.7 Å². The molecule has 0 aromatic heterocycles. The van der Waals surface area contributed by atoms with Gasteiger partial charge < -0.3 is 9.47 Å². The Balaban J connectivity index is 1.83. The van der Waals surface area contributed by atoms with E-state index in [9.17, 15) is 9.59 Å². The van der Waals surface area contributed by atoms with Crippen LogP contribution in [0.1, 0.15) is 19.3 Å². The maximum absolute atomic E-state index is 11.6. The summed E-state index contributed by atoms with van der Waals surface area (Å²) in [5, 5.41) is 0. The standard InChI is InChI=1S/C11H12O4/c12-10-6-4-2-1-3-5(9-8(4)14-9)7(6)11(13)15-10/h4-9H,1-3H2/t4-,5-,6-,7+,8-,9+/m1/s1. The molecule has 0 radical (unpaired) electrons. The van der Waals surface area contributed by atoms with Crippen molar-refractivity contribution in [2.24, 2.45) is 23.7 Å². The topological polar surface area (TPSA) is 55.9 Å². The van der Waals surface area contributed by atoms with E-state index in [4.69, 9.17) is 9.47 Å². The molecule has 5 aliphatic rings. The number of epoxide rings is 1. The molecule has 6 atom stereocenters. The molecule has 3 aliphatic carbocycles. The number of hydrogen-bond acceptors (Lipinski definition) is 4. The molecular formula is C11H12O4. The monoisotopic (exact) mass is 208 g/mol. The van der Waals surface area contributed by atoms with Crippen LogP contribution in [0.25, 0.3) is 0 Å². The lowest BCUT2D eigenvalue weighted by Gasteiger charge is -2.27. The summed E-state index contributed by atoms with van der Waals surface area (Å²) in [5.74, 6) is -0.468. The highest BCUT2D eigenvalue weighted by molar-refractivity contribution is 5.97. The van der Waals surface area contributed by atoms with E-state index < -0.39 is 0 Å². The number of carbonyl (C=O) groups is 2. The van der Waals surface area contributed by atoms with Gasteiger partial charge in [0.2, 0.25) is 0 Å². The van der Waals surface area contributed by atoms with Crippen molar-refractivity contribution in [2.45, 2.75) is 31.5 Å². The predicted molar refractivity (Wildman–Crippen MR) is 47.6 cm³/mol. The van der Waals surface area contributed by atoms with Crippen LogP contribution >= 0.6 is 0 Å². The molecule has 0 spiro atoms. The van der Waals surface area contributed by atoms with E-state index in [1.165, 1.54) is 0 Å². The van der Waals surface area contributed by atoms with E-state index >= 15 is 0 Å². The van der Waals surface area contributed by atoms with Gasteiger partial charge in [0.25, 0.3) is 0 Å². The molecule has 4 nitrogen and oxygen atoms in total. The smallest absolute Gasteiger partial charge is 0.317 e. The minimum atomic E-state index is -0.296. The highest BCUT2D eigenvalue weighted by Gasteiger charge is 2.68. The minimum Gasteiger partial charge on any atom is -0.393 e. The van der Waals surface area contributed by atoms with Crippen molar-refractivity contribution in [3.63, 3.8) is 0 Å². The maximum Gasteiger partial charge on any atom is 0.317 e. The fraction of sp³-hybridized carbons (Fsp3) is 0.818. The van der Waals surface area contributed by atoms with Gasteiger partial charge in [0.1, 0.15) is 0 Å². The van der Waals surface area contributed by atoms with Crippen molar-refractivity contribution in [1.29, 1.82) is 0 Å². The lowest BCUT2D eigenvalue weighted by Crippen LogP contribution is -2.39. The van der Waals surface area contributed by atoms with Crippen LogP contribution < -0.4 is 0 Å². The third-order valence-electron chi connectivity index (χ3n) is 4.54. The second-order valence-corrected chi connectivity index (χ2v) is 5.12. The van der Waals surface area contributed by atoms with Gasteiger partial charge in [0.05, 0.1) is 24.0 Å². The number of cyclic esters (lactones) is 2. The summed E-state index contributed by atoms with van der Waals surface area (Å²) in [6, 6.07) is 0. The first-order valence-electron chi connectivity index (χ1n) is 5.68. The molecule has 2 saturated heterocycles. The molecule has 3 saturated carbocycles. The predicted octanol–water partition coefficient (Wildman–Crippen LogP) is 0.499. The van der Waals surface area contributed by atoms with Crippen LogP contribution in [-0.4, -0.2) is 24.1 Å². The van der Waals surface area contributed by atoms with E-state index in [2.05, 4.69) is 0 Å². The summed E-state index contributed by atoms with van der Waals surface area (Å²) < 4.78 is 10.4. The van der Waals surface area contributed by atoms with E-state index in [1.54, 1.807) is 0 Å². The molecule has 2 heterocycles. The molecule has 15 heavy (non-hydrogen) atoms. The van der Waals surface area contributed by atoms with Gasteiger partial charge in [-0.3, -0.25) is 9.59 Å². The van der Waals surface area contributed by atoms with Gasteiger partial charge in [-0.25, -0.2) is 0 Å². The third kappa shape index (κ3) is 0.869. The fourth-order valence-electron chi connectivity index (χ4n) is 3.92. The van der Waals surface area contributed by atoms with Crippen LogP contribution in [0.4, 0.5) is 0 Å². The fourth-order valence-corrected chi connectivity index (χ4v) is 3.92. The van der Waals surface area contributed by atoms with Crippen LogP contribution in [0.3, 0.4) is 0 Å². The number of esters is 2. The number of rotatable bonds is 0. The normalized spacial score (nSPS) is 55.7. The van der Waals surface area contributed by atoms with Crippen molar-refractivity contribution in [2.75, 3.05) is 0 Å². The van der Waals surface area contributed by atoms with Gasteiger partial charge in [-0.2, -0.15) is 0 Å². The van der Waals surface area contributed by atoms with Crippen LogP contribution in [0.5, 0.6) is 0 Å². The average Bonchev–Trinajstić information content (AvgIpc) is 2.96. The molecular weight excluding hydrogens is 196 g/mol. The molecule has 0 aromatic carbocycles. The largest absolute Gasteiger partial charge is 0.393 e. The lowest BCUT2D eigenvalue weighted by atomic mass is 9.69. The molecule has 4 heteroatoms. The Morgan fingerprint density at radius 2 is 1.47 bits per heavy atom. The van der Waals surface area contributed by atoms with Gasteiger partial charge in [0.15, 0.2) is 0 Å². The first-order valence-corrected chi connectivity index (χ1v) is 5.68. The van der Waals surface area contributed by atoms with E-state index in [0.29, 0.717) is 0 Å². The van der Waals surface area contributed by atoms with Gasteiger partial charge in [-0.05, 0) is 12.8 Å². The van der Waals surface area contributed by atoms with Gasteiger partial charge >= 0.3 is 11.9 Å². The molecule has 2 aliphatic heterocycles. The summed E-state index contributed by atoms with van der Waals surface area (Å²) in [5.41, 5.74) is 0. The molecule has 5 rings (SSSR count). The Morgan fingerprint density at radius 3 is 2.00 bits per heavy atom. The zero-order valence-electron chi connectivity index (χ0n) is 8.22. The summed E-state index contributed by atoms with van der Waals surface area (Å²) in [6.45, 7) is 0. The highest BCUT2D eigenvalue weighted by Crippen LogP contribution is 2.58. The van der Waals surface area contributed by atoms with Crippen LogP contribution in [0.2, 0.25) is 0 Å². The van der Waals surface area contributed by atoms with Crippen molar-refractivity contribution < 1.29 is 19.1 Å². The average molecular weight is 208 g/mol. The zero-order valence-corrected chi connectivity index (χ0v) is 8.22. The summed E-state index contributed by atoms with van der Waals surface area (Å²) in [4.78, 5) is 23.3. The third-order valence-corrected chi connectivity index (χ3v) is 4.54.